The first kappa shape index (κ1) is 12.9. The Bertz CT molecular complexity index is 419. The molecule has 1 unspecified atom stereocenters. The monoisotopic (exact) mass is 251 g/mol. The molecule has 5 heteroatoms. The summed E-state index contributed by atoms with van der Waals surface area (Å²) in [5.41, 5.74) is 0.779. The van der Waals surface area contributed by atoms with Gasteiger partial charge in [-0.3, -0.25) is 4.79 Å². The molecule has 1 N–H and O–H groups in total. The second kappa shape index (κ2) is 5.84. The number of aliphatic hydroxyl groups excluding tert-OH is 1. The van der Waals surface area contributed by atoms with Gasteiger partial charge >= 0.3 is 0 Å². The third-order valence-corrected chi connectivity index (χ3v) is 2.96. The molecular formula is C13H17NO4. The van der Waals surface area contributed by atoms with Crippen molar-refractivity contribution in [3.8, 4) is 5.75 Å². The molecule has 2 rings (SSSR count). The lowest BCUT2D eigenvalue weighted by Gasteiger charge is -2.35. The standard InChI is InChI=1S/C13H17NO4/c1-17-12-4-2-3-10(7-12)14-11(5-6-15)8-18-9-13(14)16/h2-4,7,11,15H,5-6,8-9H2,1H3. The van der Waals surface area contributed by atoms with E-state index in [2.05, 4.69) is 0 Å². The van der Waals surface area contributed by atoms with Crippen LogP contribution in [0, 0.1) is 0 Å². The normalized spacial score (nSPS) is 20.0. The minimum Gasteiger partial charge on any atom is -0.497 e. The topological polar surface area (TPSA) is 59.0 Å². The summed E-state index contributed by atoms with van der Waals surface area (Å²) >= 11 is 0. The van der Waals surface area contributed by atoms with E-state index in [0.717, 1.165) is 5.69 Å². The van der Waals surface area contributed by atoms with Crippen LogP contribution in [0.25, 0.3) is 0 Å². The Labute approximate surface area is 106 Å². The lowest BCUT2D eigenvalue weighted by Crippen LogP contribution is -2.50. The Morgan fingerprint density at radius 1 is 1.56 bits per heavy atom. The average Bonchev–Trinajstić information content (AvgIpc) is 2.39. The van der Waals surface area contributed by atoms with Gasteiger partial charge in [0.15, 0.2) is 0 Å². The zero-order chi connectivity index (χ0) is 13.0. The Balaban J connectivity index is 2.27. The molecule has 0 aliphatic carbocycles. The zero-order valence-electron chi connectivity index (χ0n) is 10.3. The van der Waals surface area contributed by atoms with Crippen molar-refractivity contribution in [3.05, 3.63) is 24.3 Å². The van der Waals surface area contributed by atoms with E-state index in [9.17, 15) is 4.79 Å². The molecule has 5 nitrogen and oxygen atoms in total. The second-order valence-electron chi connectivity index (χ2n) is 4.15. The van der Waals surface area contributed by atoms with Crippen molar-refractivity contribution in [1.82, 2.24) is 0 Å². The van der Waals surface area contributed by atoms with E-state index in [1.165, 1.54) is 0 Å². The summed E-state index contributed by atoms with van der Waals surface area (Å²) in [6.07, 6.45) is 0.503. The Kier molecular flexibility index (Phi) is 4.17. The van der Waals surface area contributed by atoms with Gasteiger partial charge in [-0.2, -0.15) is 0 Å². The number of aliphatic hydroxyl groups is 1. The summed E-state index contributed by atoms with van der Waals surface area (Å²) < 4.78 is 10.4. The smallest absolute Gasteiger partial charge is 0.253 e. The summed E-state index contributed by atoms with van der Waals surface area (Å²) in [5, 5.41) is 9.05. The van der Waals surface area contributed by atoms with Crippen LogP contribution in [0.5, 0.6) is 5.75 Å². The number of nitrogens with zero attached hydrogens (tertiary/aromatic N) is 1. The molecule has 1 aliphatic rings. The van der Waals surface area contributed by atoms with Crippen LogP contribution >= 0.6 is 0 Å². The summed E-state index contributed by atoms with van der Waals surface area (Å²) in [6, 6.07) is 7.22. The number of morpholine rings is 1. The molecule has 0 saturated carbocycles. The quantitative estimate of drug-likeness (QED) is 0.860. The molecule has 1 aromatic rings. The maximum absolute atomic E-state index is 12.0. The van der Waals surface area contributed by atoms with Crippen molar-refractivity contribution in [1.29, 1.82) is 0 Å². The van der Waals surface area contributed by atoms with Gasteiger partial charge in [0, 0.05) is 18.4 Å². The Morgan fingerprint density at radius 2 is 2.39 bits per heavy atom. The molecule has 0 spiro atoms. The van der Waals surface area contributed by atoms with E-state index >= 15 is 0 Å². The van der Waals surface area contributed by atoms with Gasteiger partial charge in [-0.1, -0.05) is 6.07 Å². The molecule has 1 fully saturated rings. The van der Waals surface area contributed by atoms with Gasteiger partial charge in [0.05, 0.1) is 19.8 Å². The largest absolute Gasteiger partial charge is 0.497 e. The van der Waals surface area contributed by atoms with E-state index in [1.54, 1.807) is 12.0 Å². The molecule has 18 heavy (non-hydrogen) atoms. The van der Waals surface area contributed by atoms with Gasteiger partial charge < -0.3 is 19.5 Å². The van der Waals surface area contributed by atoms with Crippen molar-refractivity contribution < 1.29 is 19.4 Å². The van der Waals surface area contributed by atoms with Crippen LogP contribution in [-0.4, -0.2) is 44.0 Å². The third kappa shape index (κ3) is 2.63. The molecule has 0 aromatic heterocycles. The molecule has 98 valence electrons. The van der Waals surface area contributed by atoms with Gasteiger partial charge in [-0.25, -0.2) is 0 Å². The number of benzene rings is 1. The molecule has 1 saturated heterocycles. The maximum Gasteiger partial charge on any atom is 0.253 e. The van der Waals surface area contributed by atoms with Crippen molar-refractivity contribution in [2.75, 3.05) is 31.8 Å². The fourth-order valence-corrected chi connectivity index (χ4v) is 2.11. The summed E-state index contributed by atoms with van der Waals surface area (Å²) in [6.45, 7) is 0.560. The van der Waals surface area contributed by atoms with Gasteiger partial charge in [0.25, 0.3) is 5.91 Å². The highest BCUT2D eigenvalue weighted by Crippen LogP contribution is 2.25. The number of hydrogen-bond donors (Lipinski definition) is 1. The Morgan fingerprint density at radius 3 is 3.11 bits per heavy atom. The number of rotatable bonds is 4. The lowest BCUT2D eigenvalue weighted by atomic mass is 10.1. The average molecular weight is 251 g/mol. The fourth-order valence-electron chi connectivity index (χ4n) is 2.11. The van der Waals surface area contributed by atoms with Gasteiger partial charge in [0.1, 0.15) is 12.4 Å². The SMILES string of the molecule is COc1cccc(N2C(=O)COCC2CCO)c1. The summed E-state index contributed by atoms with van der Waals surface area (Å²) in [5.74, 6) is 0.613. The second-order valence-corrected chi connectivity index (χ2v) is 4.15. The third-order valence-electron chi connectivity index (χ3n) is 2.96. The van der Waals surface area contributed by atoms with Crippen molar-refractivity contribution in [2.24, 2.45) is 0 Å². The highest BCUT2D eigenvalue weighted by Gasteiger charge is 2.29. The number of methoxy groups -OCH3 is 1. The highest BCUT2D eigenvalue weighted by atomic mass is 16.5. The molecule has 1 atom stereocenters. The van der Waals surface area contributed by atoms with Crippen LogP contribution in [0.2, 0.25) is 0 Å². The molecule has 1 aliphatic heterocycles. The van der Waals surface area contributed by atoms with Crippen LogP contribution in [0.15, 0.2) is 24.3 Å². The number of anilines is 1. The molecule has 1 amide bonds. The highest BCUT2D eigenvalue weighted by molar-refractivity contribution is 5.95. The van der Waals surface area contributed by atoms with E-state index in [0.29, 0.717) is 18.8 Å². The van der Waals surface area contributed by atoms with E-state index in [4.69, 9.17) is 14.6 Å². The van der Waals surface area contributed by atoms with Crippen LogP contribution in [0.1, 0.15) is 6.42 Å². The number of ether oxygens (including phenoxy) is 2. The number of carbonyl (C=O) groups excluding carboxylic acids is 1. The predicted octanol–water partition coefficient (Wildman–Crippen LogP) is 0.809. The van der Waals surface area contributed by atoms with E-state index in [-0.39, 0.29) is 25.2 Å². The van der Waals surface area contributed by atoms with Crippen molar-refractivity contribution in [2.45, 2.75) is 12.5 Å². The molecule has 1 heterocycles. The van der Waals surface area contributed by atoms with Gasteiger partial charge in [-0.05, 0) is 18.6 Å². The van der Waals surface area contributed by atoms with Crippen LogP contribution in [0.3, 0.4) is 0 Å². The minimum absolute atomic E-state index is 0.0295. The molecular weight excluding hydrogens is 234 g/mol. The summed E-state index contributed by atoms with van der Waals surface area (Å²) in [4.78, 5) is 13.6. The maximum atomic E-state index is 12.0. The number of hydrogen-bond acceptors (Lipinski definition) is 4. The van der Waals surface area contributed by atoms with Crippen LogP contribution < -0.4 is 9.64 Å². The first-order chi connectivity index (χ1) is 8.76. The molecule has 0 radical (unpaired) electrons. The first-order valence-corrected chi connectivity index (χ1v) is 5.91. The number of carbonyl (C=O) groups is 1. The van der Waals surface area contributed by atoms with Crippen LogP contribution in [0.4, 0.5) is 5.69 Å². The van der Waals surface area contributed by atoms with Gasteiger partial charge in [0.2, 0.25) is 0 Å². The van der Waals surface area contributed by atoms with E-state index < -0.39 is 0 Å². The minimum atomic E-state index is -0.122. The first-order valence-electron chi connectivity index (χ1n) is 5.91. The Hall–Kier alpha value is -1.59. The zero-order valence-corrected chi connectivity index (χ0v) is 10.3. The summed E-state index contributed by atoms with van der Waals surface area (Å²) in [7, 11) is 1.59. The molecule has 0 bridgehead atoms. The van der Waals surface area contributed by atoms with E-state index in [1.807, 2.05) is 24.3 Å². The van der Waals surface area contributed by atoms with Crippen molar-refractivity contribution >= 4 is 11.6 Å². The lowest BCUT2D eigenvalue weighted by molar-refractivity contribution is -0.127. The van der Waals surface area contributed by atoms with Gasteiger partial charge in [-0.15, -0.1) is 0 Å². The number of amides is 1. The predicted molar refractivity (Wildman–Crippen MR) is 66.8 cm³/mol. The fraction of sp³-hybridized carbons (Fsp3) is 0.462. The van der Waals surface area contributed by atoms with Crippen molar-refractivity contribution in [3.63, 3.8) is 0 Å². The van der Waals surface area contributed by atoms with Crippen LogP contribution in [-0.2, 0) is 9.53 Å². The molecule has 1 aromatic carbocycles.